The molecule has 0 unspecified atom stereocenters. The van der Waals surface area contributed by atoms with Crippen LogP contribution < -0.4 is 5.73 Å². The number of halogens is 1. The fraction of sp³-hybridized carbons (Fsp3) is 0.462. The molecular weight excluding hydrogens is 296 g/mol. The van der Waals surface area contributed by atoms with E-state index in [0.29, 0.717) is 24.2 Å². The van der Waals surface area contributed by atoms with E-state index in [-0.39, 0.29) is 18.6 Å². The summed E-state index contributed by atoms with van der Waals surface area (Å²) in [6.45, 7) is 4.50. The lowest BCUT2D eigenvalue weighted by Crippen LogP contribution is -2.38. The van der Waals surface area contributed by atoms with Gasteiger partial charge in [-0.2, -0.15) is 0 Å². The van der Waals surface area contributed by atoms with Gasteiger partial charge < -0.3 is 15.7 Å². The molecule has 1 aromatic rings. The number of hydrogen-bond acceptors (Lipinski definition) is 3. The fourth-order valence-electron chi connectivity index (χ4n) is 1.70. The summed E-state index contributed by atoms with van der Waals surface area (Å²) in [7, 11) is 0. The predicted molar refractivity (Wildman–Crippen MR) is 76.4 cm³/mol. The van der Waals surface area contributed by atoms with Crippen molar-refractivity contribution in [2.75, 3.05) is 18.9 Å². The maximum Gasteiger partial charge on any atom is 0.256 e. The van der Waals surface area contributed by atoms with Gasteiger partial charge in [-0.05, 0) is 38.5 Å². The Bertz CT molecular complexity index is 421. The van der Waals surface area contributed by atoms with E-state index in [1.807, 2.05) is 13.8 Å². The Hall–Kier alpha value is -1.07. The van der Waals surface area contributed by atoms with Gasteiger partial charge in [0.05, 0.1) is 5.56 Å². The van der Waals surface area contributed by atoms with Gasteiger partial charge in [0.1, 0.15) is 0 Å². The fourth-order valence-corrected chi connectivity index (χ4v) is 2.06. The first-order valence-corrected chi connectivity index (χ1v) is 6.73. The Morgan fingerprint density at radius 3 is 2.72 bits per heavy atom. The van der Waals surface area contributed by atoms with E-state index in [1.54, 1.807) is 23.1 Å². The van der Waals surface area contributed by atoms with E-state index in [1.165, 1.54) is 0 Å². The highest BCUT2D eigenvalue weighted by Crippen LogP contribution is 2.21. The van der Waals surface area contributed by atoms with E-state index in [2.05, 4.69) is 15.9 Å². The van der Waals surface area contributed by atoms with E-state index in [0.717, 1.165) is 4.47 Å². The van der Waals surface area contributed by atoms with Crippen molar-refractivity contribution >= 4 is 27.5 Å². The zero-order valence-electron chi connectivity index (χ0n) is 10.7. The van der Waals surface area contributed by atoms with Crippen molar-refractivity contribution in [3.8, 4) is 0 Å². The number of rotatable bonds is 5. The lowest BCUT2D eigenvalue weighted by molar-refractivity contribution is 0.0694. The van der Waals surface area contributed by atoms with Crippen molar-refractivity contribution in [3.63, 3.8) is 0 Å². The Kier molecular flexibility index (Phi) is 5.62. The van der Waals surface area contributed by atoms with Crippen molar-refractivity contribution in [2.45, 2.75) is 26.3 Å². The van der Waals surface area contributed by atoms with Crippen LogP contribution in [0, 0.1) is 0 Å². The molecule has 0 saturated heterocycles. The van der Waals surface area contributed by atoms with Crippen LogP contribution in [0.15, 0.2) is 22.7 Å². The van der Waals surface area contributed by atoms with Gasteiger partial charge in [-0.1, -0.05) is 15.9 Å². The van der Waals surface area contributed by atoms with Crippen LogP contribution in [0.1, 0.15) is 30.6 Å². The third kappa shape index (κ3) is 3.71. The van der Waals surface area contributed by atoms with Gasteiger partial charge in [0, 0.05) is 29.4 Å². The number of benzene rings is 1. The number of hydrogen-bond donors (Lipinski definition) is 2. The summed E-state index contributed by atoms with van der Waals surface area (Å²) in [6.07, 6.45) is 0.567. The van der Waals surface area contributed by atoms with Gasteiger partial charge in [0.25, 0.3) is 5.91 Å². The highest BCUT2D eigenvalue weighted by atomic mass is 79.9. The van der Waals surface area contributed by atoms with Crippen molar-refractivity contribution in [1.82, 2.24) is 4.90 Å². The Morgan fingerprint density at radius 1 is 1.50 bits per heavy atom. The van der Waals surface area contributed by atoms with Crippen molar-refractivity contribution < 1.29 is 9.90 Å². The standard InChI is InChI=1S/C13H19BrN2O2/c1-9(2)16(6-3-7-17)13(18)11-8-10(14)4-5-12(11)15/h4-5,8-9,17H,3,6-7,15H2,1-2H3. The van der Waals surface area contributed by atoms with Gasteiger partial charge >= 0.3 is 0 Å². The monoisotopic (exact) mass is 314 g/mol. The van der Waals surface area contributed by atoms with E-state index in [4.69, 9.17) is 10.8 Å². The molecule has 0 heterocycles. The van der Waals surface area contributed by atoms with E-state index < -0.39 is 0 Å². The molecule has 0 atom stereocenters. The molecule has 1 amide bonds. The first-order chi connectivity index (χ1) is 8.47. The molecule has 1 rings (SSSR count). The van der Waals surface area contributed by atoms with Gasteiger partial charge in [-0.3, -0.25) is 4.79 Å². The average molecular weight is 315 g/mol. The van der Waals surface area contributed by atoms with Crippen LogP contribution in [0.5, 0.6) is 0 Å². The molecule has 5 heteroatoms. The van der Waals surface area contributed by atoms with Gasteiger partial charge in [-0.15, -0.1) is 0 Å². The minimum Gasteiger partial charge on any atom is -0.398 e. The van der Waals surface area contributed by atoms with E-state index in [9.17, 15) is 4.79 Å². The largest absolute Gasteiger partial charge is 0.398 e. The maximum atomic E-state index is 12.4. The van der Waals surface area contributed by atoms with Crippen LogP contribution in [-0.4, -0.2) is 35.1 Å². The molecule has 0 aromatic heterocycles. The minimum atomic E-state index is -0.0998. The number of aliphatic hydroxyl groups is 1. The maximum absolute atomic E-state index is 12.4. The average Bonchev–Trinajstić information content (AvgIpc) is 2.32. The second-order valence-electron chi connectivity index (χ2n) is 4.40. The third-order valence-corrected chi connectivity index (χ3v) is 3.18. The quantitative estimate of drug-likeness (QED) is 0.819. The number of amides is 1. The molecule has 0 saturated carbocycles. The van der Waals surface area contributed by atoms with Crippen LogP contribution in [-0.2, 0) is 0 Å². The molecule has 3 N–H and O–H groups in total. The zero-order chi connectivity index (χ0) is 13.7. The summed E-state index contributed by atoms with van der Waals surface area (Å²) in [5, 5.41) is 8.88. The Morgan fingerprint density at radius 2 is 2.17 bits per heavy atom. The lowest BCUT2D eigenvalue weighted by Gasteiger charge is -2.27. The van der Waals surface area contributed by atoms with Crippen molar-refractivity contribution in [3.05, 3.63) is 28.2 Å². The summed E-state index contributed by atoms with van der Waals surface area (Å²) < 4.78 is 0.825. The first kappa shape index (κ1) is 15.0. The molecule has 0 aliphatic heterocycles. The third-order valence-electron chi connectivity index (χ3n) is 2.69. The topological polar surface area (TPSA) is 66.6 Å². The number of aliphatic hydroxyl groups excluding tert-OH is 1. The second-order valence-corrected chi connectivity index (χ2v) is 5.32. The van der Waals surface area contributed by atoms with E-state index >= 15 is 0 Å². The molecular formula is C13H19BrN2O2. The lowest BCUT2D eigenvalue weighted by atomic mass is 10.1. The number of carbonyl (C=O) groups excluding carboxylic acids is 1. The molecule has 4 nitrogen and oxygen atoms in total. The Labute approximate surface area is 116 Å². The number of nitrogens with zero attached hydrogens (tertiary/aromatic N) is 1. The van der Waals surface area contributed by atoms with Crippen molar-refractivity contribution in [2.24, 2.45) is 0 Å². The minimum absolute atomic E-state index is 0.0717. The van der Waals surface area contributed by atoms with Crippen LogP contribution >= 0.6 is 15.9 Å². The Balaban J connectivity index is 2.98. The molecule has 0 bridgehead atoms. The number of nitrogens with two attached hydrogens (primary N) is 1. The van der Waals surface area contributed by atoms with Gasteiger partial charge in [0.15, 0.2) is 0 Å². The van der Waals surface area contributed by atoms with Crippen LogP contribution in [0.4, 0.5) is 5.69 Å². The molecule has 18 heavy (non-hydrogen) atoms. The summed E-state index contributed by atoms with van der Waals surface area (Å²) in [5.74, 6) is -0.0998. The number of anilines is 1. The highest BCUT2D eigenvalue weighted by molar-refractivity contribution is 9.10. The van der Waals surface area contributed by atoms with Gasteiger partial charge in [-0.25, -0.2) is 0 Å². The molecule has 100 valence electrons. The highest BCUT2D eigenvalue weighted by Gasteiger charge is 2.20. The predicted octanol–water partition coefficient (Wildman–Crippen LogP) is 2.26. The zero-order valence-corrected chi connectivity index (χ0v) is 12.3. The first-order valence-electron chi connectivity index (χ1n) is 5.94. The van der Waals surface area contributed by atoms with Crippen LogP contribution in [0.3, 0.4) is 0 Å². The molecule has 0 aliphatic rings. The van der Waals surface area contributed by atoms with Crippen LogP contribution in [0.2, 0.25) is 0 Å². The summed E-state index contributed by atoms with van der Waals surface area (Å²) >= 11 is 3.34. The smallest absolute Gasteiger partial charge is 0.256 e. The SMILES string of the molecule is CC(C)N(CCCO)C(=O)c1cc(Br)ccc1N. The summed E-state index contributed by atoms with van der Waals surface area (Å²) in [5.41, 5.74) is 6.81. The number of nitrogen functional groups attached to an aromatic ring is 1. The summed E-state index contributed by atoms with van der Waals surface area (Å²) in [4.78, 5) is 14.1. The van der Waals surface area contributed by atoms with Crippen molar-refractivity contribution in [1.29, 1.82) is 0 Å². The van der Waals surface area contributed by atoms with Crippen LogP contribution in [0.25, 0.3) is 0 Å². The normalized spacial score (nSPS) is 10.7. The molecule has 0 aliphatic carbocycles. The number of carbonyl (C=O) groups is 1. The second kappa shape index (κ2) is 6.75. The molecule has 1 aromatic carbocycles. The molecule has 0 fully saturated rings. The molecule has 0 radical (unpaired) electrons. The van der Waals surface area contributed by atoms with Gasteiger partial charge in [0.2, 0.25) is 0 Å². The summed E-state index contributed by atoms with van der Waals surface area (Å²) in [6, 6.07) is 5.32. The molecule has 0 spiro atoms.